The summed E-state index contributed by atoms with van der Waals surface area (Å²) in [4.78, 5) is 13.9. The van der Waals surface area contributed by atoms with Crippen LogP contribution >= 0.6 is 11.3 Å². The number of nitriles is 1. The molecule has 46 heavy (non-hydrogen) atoms. The Kier molecular flexibility index (Phi) is 9.36. The smallest absolute Gasteiger partial charge is 0.367 e. The van der Waals surface area contributed by atoms with Crippen molar-refractivity contribution >= 4 is 48.3 Å². The summed E-state index contributed by atoms with van der Waals surface area (Å²) in [5.41, 5.74) is 2.76. The van der Waals surface area contributed by atoms with Crippen molar-refractivity contribution in [3.8, 4) is 6.07 Å². The molecular formula is C31H35F3N8O2S2. The van der Waals surface area contributed by atoms with Crippen LogP contribution in [0, 0.1) is 11.3 Å². The predicted octanol–water partition coefficient (Wildman–Crippen LogP) is 4.79. The summed E-state index contributed by atoms with van der Waals surface area (Å²) < 4.78 is 66.3. The van der Waals surface area contributed by atoms with E-state index in [1.54, 1.807) is 6.07 Å². The predicted molar refractivity (Wildman–Crippen MR) is 173 cm³/mol. The number of thiophene rings is 1. The molecule has 1 N–H and O–H groups in total. The van der Waals surface area contributed by atoms with Crippen LogP contribution < -0.4 is 5.32 Å². The van der Waals surface area contributed by atoms with Crippen LogP contribution in [0.2, 0.25) is 0 Å². The molecule has 2 aliphatic heterocycles. The fraction of sp³-hybridized carbons (Fsp3) is 0.452. The molecule has 0 saturated carbocycles. The van der Waals surface area contributed by atoms with Crippen LogP contribution in [0.25, 0.3) is 21.1 Å². The highest BCUT2D eigenvalue weighted by Gasteiger charge is 2.29. The van der Waals surface area contributed by atoms with Gasteiger partial charge >= 0.3 is 6.18 Å². The topological polar surface area (TPSA) is 110 Å². The summed E-state index contributed by atoms with van der Waals surface area (Å²) >= 11 is 1.05. The number of rotatable bonds is 10. The number of nitrogens with one attached hydrogen (secondary N) is 1. The molecule has 5 heterocycles. The Balaban J connectivity index is 1.03. The molecule has 15 heteroatoms. The zero-order chi connectivity index (χ0) is 32.5. The summed E-state index contributed by atoms with van der Waals surface area (Å²) in [5, 5.41) is 15.9. The lowest BCUT2D eigenvalue weighted by Crippen LogP contribution is -2.48. The quantitative estimate of drug-likeness (QED) is 0.256. The van der Waals surface area contributed by atoms with Gasteiger partial charge in [-0.1, -0.05) is 12.6 Å². The van der Waals surface area contributed by atoms with E-state index in [1.807, 2.05) is 10.6 Å². The maximum atomic E-state index is 12.9. The van der Waals surface area contributed by atoms with Gasteiger partial charge in [0.15, 0.2) is 0 Å². The zero-order valence-corrected chi connectivity index (χ0v) is 26.8. The molecular weight excluding hydrogens is 638 g/mol. The highest BCUT2D eigenvalue weighted by molar-refractivity contribution is 7.92. The molecule has 2 aliphatic rings. The van der Waals surface area contributed by atoms with Crippen LogP contribution in [0.1, 0.15) is 29.0 Å². The standard InChI is InChI=1S/C31H35F3N8O2S2/c1-2-46(43,44)41-12-9-39(10-13-41)11-14-42-25(19-35)16-23-15-22(3-4-28(23)42)20-40-7-5-24(6-8-40)38-29-27-17-26(18-31(32,33)34)45-30(27)37-21-36-29/h2-4,15-17,21,24H,1,5-14,18,20H2,(H,36,37,38). The number of alkyl halides is 3. The molecule has 3 aromatic heterocycles. The second-order valence-electron chi connectivity index (χ2n) is 11.8. The number of nitrogens with zero attached hydrogens (tertiary/aromatic N) is 7. The third kappa shape index (κ3) is 7.37. The molecule has 0 amide bonds. The Hall–Kier alpha value is -3.55. The molecule has 0 radical (unpaired) electrons. The highest BCUT2D eigenvalue weighted by atomic mass is 32.2. The molecule has 0 aliphatic carbocycles. The first-order valence-corrected chi connectivity index (χ1v) is 17.5. The number of hydrogen-bond donors (Lipinski definition) is 1. The van der Waals surface area contributed by atoms with Gasteiger partial charge in [-0.05, 0) is 42.7 Å². The van der Waals surface area contributed by atoms with Crippen molar-refractivity contribution < 1.29 is 21.6 Å². The monoisotopic (exact) mass is 672 g/mol. The second-order valence-corrected chi connectivity index (χ2v) is 14.8. The highest BCUT2D eigenvalue weighted by Crippen LogP contribution is 2.33. The van der Waals surface area contributed by atoms with Gasteiger partial charge in [-0.25, -0.2) is 18.4 Å². The van der Waals surface area contributed by atoms with E-state index >= 15 is 0 Å². The van der Waals surface area contributed by atoms with E-state index < -0.39 is 22.6 Å². The van der Waals surface area contributed by atoms with E-state index in [0.717, 1.165) is 65.7 Å². The average molecular weight is 673 g/mol. The summed E-state index contributed by atoms with van der Waals surface area (Å²) in [6, 6.07) is 12.3. The molecule has 1 aromatic carbocycles. The van der Waals surface area contributed by atoms with E-state index in [2.05, 4.69) is 55.9 Å². The number of anilines is 1. The van der Waals surface area contributed by atoms with Gasteiger partial charge in [-0.3, -0.25) is 9.80 Å². The minimum Gasteiger partial charge on any atom is -0.367 e. The first-order chi connectivity index (χ1) is 22.0. The number of aromatic nitrogens is 3. The third-order valence-corrected chi connectivity index (χ3v) is 11.3. The van der Waals surface area contributed by atoms with Gasteiger partial charge in [0.05, 0.1) is 11.8 Å². The number of halogens is 3. The minimum atomic E-state index is -4.26. The van der Waals surface area contributed by atoms with E-state index in [4.69, 9.17) is 0 Å². The maximum Gasteiger partial charge on any atom is 0.393 e. The van der Waals surface area contributed by atoms with Crippen molar-refractivity contribution in [2.45, 2.75) is 44.6 Å². The lowest BCUT2D eigenvalue weighted by Gasteiger charge is -2.33. The number of benzene rings is 1. The van der Waals surface area contributed by atoms with Gasteiger partial charge in [-0.2, -0.15) is 22.7 Å². The first kappa shape index (κ1) is 32.4. The largest absolute Gasteiger partial charge is 0.393 e. The fourth-order valence-electron chi connectivity index (χ4n) is 6.30. The van der Waals surface area contributed by atoms with Gasteiger partial charge in [0.25, 0.3) is 0 Å². The van der Waals surface area contributed by atoms with Crippen molar-refractivity contribution in [2.75, 3.05) is 51.1 Å². The zero-order valence-electron chi connectivity index (χ0n) is 25.2. The molecule has 2 fully saturated rings. The molecule has 0 unspecified atom stereocenters. The summed E-state index contributed by atoms with van der Waals surface area (Å²) in [5.74, 6) is 0.583. The lowest BCUT2D eigenvalue weighted by molar-refractivity contribution is -0.126. The van der Waals surface area contributed by atoms with Crippen molar-refractivity contribution in [1.82, 2.24) is 28.6 Å². The summed E-state index contributed by atoms with van der Waals surface area (Å²) in [6.45, 7) is 9.36. The Morgan fingerprint density at radius 3 is 2.50 bits per heavy atom. The number of fused-ring (bicyclic) bond motifs is 2. The van der Waals surface area contributed by atoms with E-state index in [0.29, 0.717) is 61.0 Å². The van der Waals surface area contributed by atoms with Crippen LogP contribution in [0.4, 0.5) is 19.0 Å². The summed E-state index contributed by atoms with van der Waals surface area (Å²) in [7, 11) is -3.40. The number of piperazine rings is 1. The van der Waals surface area contributed by atoms with Crippen LogP contribution in [0.3, 0.4) is 0 Å². The Bertz CT molecular complexity index is 1870. The van der Waals surface area contributed by atoms with E-state index in [9.17, 15) is 26.9 Å². The molecule has 0 bridgehead atoms. The van der Waals surface area contributed by atoms with Crippen LogP contribution in [0.5, 0.6) is 0 Å². The van der Waals surface area contributed by atoms with Crippen LogP contribution in [0.15, 0.2) is 48.6 Å². The number of hydrogen-bond acceptors (Lipinski definition) is 9. The Labute approximate surface area is 269 Å². The molecule has 10 nitrogen and oxygen atoms in total. The van der Waals surface area contributed by atoms with Crippen molar-refractivity contribution in [2.24, 2.45) is 0 Å². The van der Waals surface area contributed by atoms with Gasteiger partial charge < -0.3 is 9.88 Å². The minimum absolute atomic E-state index is 0.157. The van der Waals surface area contributed by atoms with Crippen LogP contribution in [-0.2, 0) is 29.5 Å². The first-order valence-electron chi connectivity index (χ1n) is 15.2. The second kappa shape index (κ2) is 13.3. The molecule has 2 saturated heterocycles. The molecule has 244 valence electrons. The fourth-order valence-corrected chi connectivity index (χ4v) is 8.21. The van der Waals surface area contributed by atoms with Gasteiger partial charge in [0, 0.05) is 86.1 Å². The van der Waals surface area contributed by atoms with E-state index in [-0.39, 0.29) is 10.9 Å². The van der Waals surface area contributed by atoms with Gasteiger partial charge in [0.2, 0.25) is 10.0 Å². The average Bonchev–Trinajstić information content (AvgIpc) is 3.60. The Morgan fingerprint density at radius 1 is 1.04 bits per heavy atom. The molecule has 6 rings (SSSR count). The normalized spacial score (nSPS) is 17.9. The molecule has 4 aromatic rings. The van der Waals surface area contributed by atoms with Crippen LogP contribution in [-0.4, -0.2) is 95.1 Å². The van der Waals surface area contributed by atoms with E-state index in [1.165, 1.54) is 10.6 Å². The third-order valence-electron chi connectivity index (χ3n) is 8.71. The van der Waals surface area contributed by atoms with Crippen molar-refractivity contribution in [3.05, 3.63) is 64.8 Å². The SMILES string of the molecule is C=CS(=O)(=O)N1CCN(CCn2c(C#N)cc3cc(CN4CCC(Nc5ncnc6sc(CC(F)(F)F)cc56)CC4)ccc32)CC1. The van der Waals surface area contributed by atoms with Crippen molar-refractivity contribution in [3.63, 3.8) is 0 Å². The lowest BCUT2D eigenvalue weighted by atomic mass is 10.0. The Morgan fingerprint density at radius 2 is 1.80 bits per heavy atom. The number of likely N-dealkylation sites (tertiary alicyclic amines) is 1. The molecule has 0 atom stereocenters. The van der Waals surface area contributed by atoms with Crippen molar-refractivity contribution in [1.29, 1.82) is 5.26 Å². The van der Waals surface area contributed by atoms with Gasteiger partial charge in [0.1, 0.15) is 28.7 Å². The summed E-state index contributed by atoms with van der Waals surface area (Å²) in [6.07, 6.45) is -2.09. The van der Waals surface area contributed by atoms with Gasteiger partial charge in [-0.15, -0.1) is 11.3 Å². The number of piperidine rings is 1. The molecule has 0 spiro atoms. The number of sulfonamides is 1. The maximum absolute atomic E-state index is 12.9.